The fourth-order valence-electron chi connectivity index (χ4n) is 1.78. The molecule has 0 radical (unpaired) electrons. The molecule has 0 spiro atoms. The first-order chi connectivity index (χ1) is 11.6. The average molecular weight is 364 g/mol. The summed E-state index contributed by atoms with van der Waals surface area (Å²) >= 11 is 10.3. The lowest BCUT2D eigenvalue weighted by molar-refractivity contribution is 0.415. The second kappa shape index (κ2) is 8.99. The molecule has 0 amide bonds. The van der Waals surface area contributed by atoms with Crippen LogP contribution in [0.25, 0.3) is 0 Å². The lowest BCUT2D eigenvalue weighted by atomic mass is 10.2. The third-order valence-electron chi connectivity index (χ3n) is 3.00. The van der Waals surface area contributed by atoms with E-state index in [0.717, 1.165) is 17.0 Å². The van der Waals surface area contributed by atoms with E-state index in [1.54, 1.807) is 19.2 Å². The van der Waals surface area contributed by atoms with E-state index < -0.39 is 0 Å². The molecule has 0 atom stereocenters. The Balaban J connectivity index is 1.70. The van der Waals surface area contributed by atoms with Gasteiger partial charge in [-0.15, -0.1) is 0 Å². The van der Waals surface area contributed by atoms with Gasteiger partial charge in [-0.05, 0) is 66.4 Å². The van der Waals surface area contributed by atoms with E-state index >= 15 is 0 Å². The summed E-state index contributed by atoms with van der Waals surface area (Å²) in [5.41, 5.74) is 7.29. The van der Waals surface area contributed by atoms with Gasteiger partial charge in [-0.25, -0.2) is 4.39 Å². The Hall–Kier alpha value is -2.45. The molecule has 4 N–H and O–H groups in total. The van der Waals surface area contributed by atoms with Crippen LogP contribution in [-0.4, -0.2) is 17.3 Å². The smallest absolute Gasteiger partial charge is 0.189 e. The molecule has 0 bridgehead atoms. The molecular weight excluding hydrogens is 347 g/mol. The van der Waals surface area contributed by atoms with Crippen molar-refractivity contribution >= 4 is 40.3 Å². The molecular formula is C16H17FN4OS2. The quantitative estimate of drug-likeness (QED) is 0.492. The number of anilines is 1. The van der Waals surface area contributed by atoms with Gasteiger partial charge < -0.3 is 15.4 Å². The zero-order valence-corrected chi connectivity index (χ0v) is 14.6. The van der Waals surface area contributed by atoms with Crippen molar-refractivity contribution < 1.29 is 9.13 Å². The monoisotopic (exact) mass is 364 g/mol. The molecule has 0 fully saturated rings. The van der Waals surface area contributed by atoms with Crippen molar-refractivity contribution in [3.63, 3.8) is 0 Å². The van der Waals surface area contributed by atoms with E-state index in [0.29, 0.717) is 16.8 Å². The van der Waals surface area contributed by atoms with E-state index in [-0.39, 0.29) is 5.82 Å². The molecule has 2 aromatic rings. The summed E-state index contributed by atoms with van der Waals surface area (Å²) in [6.45, 7) is 0.479. The number of nitrogens with one attached hydrogen (secondary N) is 4. The Bertz CT molecular complexity index is 692. The van der Waals surface area contributed by atoms with Gasteiger partial charge in [0.1, 0.15) is 11.6 Å². The van der Waals surface area contributed by atoms with Gasteiger partial charge in [0.05, 0.1) is 7.11 Å². The van der Waals surface area contributed by atoms with Gasteiger partial charge in [0.25, 0.3) is 0 Å². The van der Waals surface area contributed by atoms with Gasteiger partial charge in [-0.2, -0.15) is 0 Å². The minimum absolute atomic E-state index is 0.268. The minimum atomic E-state index is -0.268. The Morgan fingerprint density at radius 3 is 2.21 bits per heavy atom. The van der Waals surface area contributed by atoms with Crippen LogP contribution in [0, 0.1) is 5.82 Å². The van der Waals surface area contributed by atoms with Crippen LogP contribution in [-0.2, 0) is 6.54 Å². The normalized spacial score (nSPS) is 9.75. The predicted octanol–water partition coefficient (Wildman–Crippen LogP) is 2.70. The SMILES string of the molecule is COc1ccc(NC(=S)NNC(=S)NCc2ccc(F)cc2)cc1. The first kappa shape index (κ1) is 17.9. The maximum atomic E-state index is 12.8. The predicted molar refractivity (Wildman–Crippen MR) is 101 cm³/mol. The fourth-order valence-corrected chi connectivity index (χ4v) is 2.07. The Kier molecular flexibility index (Phi) is 6.71. The molecule has 0 aliphatic carbocycles. The summed E-state index contributed by atoms with van der Waals surface area (Å²) < 4.78 is 17.9. The molecule has 126 valence electrons. The molecule has 8 heteroatoms. The number of benzene rings is 2. The standard InChI is InChI=1S/C16H17FN4OS2/c1-22-14-8-6-13(7-9-14)19-16(24)21-20-15(23)18-10-11-2-4-12(17)5-3-11/h2-9H,10H2,1H3,(H2,18,20,23)(H2,19,21,24). The molecule has 0 saturated carbocycles. The van der Waals surface area contributed by atoms with E-state index in [1.165, 1.54) is 12.1 Å². The van der Waals surface area contributed by atoms with Crippen molar-refractivity contribution in [2.24, 2.45) is 0 Å². The molecule has 2 aromatic carbocycles. The van der Waals surface area contributed by atoms with E-state index in [9.17, 15) is 4.39 Å². The summed E-state index contributed by atoms with van der Waals surface area (Å²) in [5.74, 6) is 0.500. The molecule has 0 aromatic heterocycles. The van der Waals surface area contributed by atoms with Crippen LogP contribution in [0.5, 0.6) is 5.75 Å². The molecule has 0 heterocycles. The maximum absolute atomic E-state index is 12.8. The zero-order chi connectivity index (χ0) is 17.4. The van der Waals surface area contributed by atoms with Crippen molar-refractivity contribution in [2.75, 3.05) is 12.4 Å². The van der Waals surface area contributed by atoms with Crippen molar-refractivity contribution in [2.45, 2.75) is 6.54 Å². The number of ether oxygens (including phenoxy) is 1. The van der Waals surface area contributed by atoms with Gasteiger partial charge in [0.15, 0.2) is 10.2 Å². The number of thiocarbonyl (C=S) groups is 2. The van der Waals surface area contributed by atoms with Crippen LogP contribution >= 0.6 is 24.4 Å². The summed E-state index contributed by atoms with van der Waals surface area (Å²) in [5, 5.41) is 6.73. The minimum Gasteiger partial charge on any atom is -0.497 e. The lowest BCUT2D eigenvalue weighted by Crippen LogP contribution is -2.47. The summed E-state index contributed by atoms with van der Waals surface area (Å²) in [4.78, 5) is 0. The van der Waals surface area contributed by atoms with Gasteiger partial charge in [0, 0.05) is 12.2 Å². The number of hydrazine groups is 1. The molecule has 2 rings (SSSR count). The van der Waals surface area contributed by atoms with E-state index in [1.807, 2.05) is 24.3 Å². The van der Waals surface area contributed by atoms with Crippen molar-refractivity contribution in [1.29, 1.82) is 0 Å². The average Bonchev–Trinajstić information content (AvgIpc) is 2.60. The summed E-state index contributed by atoms with van der Waals surface area (Å²) in [6, 6.07) is 13.5. The van der Waals surface area contributed by atoms with Gasteiger partial charge in [-0.3, -0.25) is 10.9 Å². The molecule has 0 aliphatic heterocycles. The third kappa shape index (κ3) is 5.98. The summed E-state index contributed by atoms with van der Waals surface area (Å²) in [7, 11) is 1.61. The fraction of sp³-hybridized carbons (Fsp3) is 0.125. The van der Waals surface area contributed by atoms with Crippen LogP contribution in [0.2, 0.25) is 0 Å². The van der Waals surface area contributed by atoms with Crippen LogP contribution < -0.4 is 26.2 Å². The first-order valence-electron chi connectivity index (χ1n) is 7.06. The van der Waals surface area contributed by atoms with E-state index in [4.69, 9.17) is 29.2 Å². The maximum Gasteiger partial charge on any atom is 0.189 e. The summed E-state index contributed by atoms with van der Waals surface area (Å²) in [6.07, 6.45) is 0. The van der Waals surface area contributed by atoms with Crippen LogP contribution in [0.3, 0.4) is 0 Å². The zero-order valence-electron chi connectivity index (χ0n) is 12.9. The highest BCUT2D eigenvalue weighted by molar-refractivity contribution is 7.80. The van der Waals surface area contributed by atoms with Crippen LogP contribution in [0.1, 0.15) is 5.56 Å². The molecule has 24 heavy (non-hydrogen) atoms. The van der Waals surface area contributed by atoms with E-state index in [2.05, 4.69) is 21.5 Å². The van der Waals surface area contributed by atoms with Gasteiger partial charge >= 0.3 is 0 Å². The van der Waals surface area contributed by atoms with Crippen molar-refractivity contribution in [1.82, 2.24) is 16.2 Å². The molecule has 0 aliphatic rings. The van der Waals surface area contributed by atoms with Gasteiger partial charge in [0.2, 0.25) is 0 Å². The number of methoxy groups -OCH3 is 1. The number of rotatable bonds is 4. The highest BCUT2D eigenvalue weighted by atomic mass is 32.1. The first-order valence-corrected chi connectivity index (χ1v) is 7.88. The Morgan fingerprint density at radius 1 is 0.958 bits per heavy atom. The largest absolute Gasteiger partial charge is 0.497 e. The molecule has 5 nitrogen and oxygen atoms in total. The molecule has 0 unspecified atom stereocenters. The second-order valence-electron chi connectivity index (χ2n) is 4.74. The van der Waals surface area contributed by atoms with Crippen molar-refractivity contribution in [3.8, 4) is 5.75 Å². The van der Waals surface area contributed by atoms with Gasteiger partial charge in [-0.1, -0.05) is 12.1 Å². The number of halogens is 1. The topological polar surface area (TPSA) is 57.4 Å². The lowest BCUT2D eigenvalue weighted by Gasteiger charge is -2.14. The third-order valence-corrected chi connectivity index (χ3v) is 3.45. The molecule has 0 saturated heterocycles. The Labute approximate surface area is 150 Å². The highest BCUT2D eigenvalue weighted by Gasteiger charge is 2.00. The van der Waals surface area contributed by atoms with Crippen molar-refractivity contribution in [3.05, 3.63) is 59.9 Å². The van der Waals surface area contributed by atoms with Crippen LogP contribution in [0.15, 0.2) is 48.5 Å². The Morgan fingerprint density at radius 2 is 1.58 bits per heavy atom. The number of hydrogen-bond acceptors (Lipinski definition) is 3. The van der Waals surface area contributed by atoms with Crippen LogP contribution in [0.4, 0.5) is 10.1 Å². The highest BCUT2D eigenvalue weighted by Crippen LogP contribution is 2.14. The number of hydrogen-bond donors (Lipinski definition) is 4. The second-order valence-corrected chi connectivity index (χ2v) is 5.56.